The summed E-state index contributed by atoms with van der Waals surface area (Å²) >= 11 is 0. The van der Waals surface area contributed by atoms with Gasteiger partial charge in [0.1, 0.15) is 0 Å². The number of hydrogen-bond acceptors (Lipinski definition) is 2. The van der Waals surface area contributed by atoms with Gasteiger partial charge in [0, 0.05) is 19.0 Å². The summed E-state index contributed by atoms with van der Waals surface area (Å²) in [4.78, 5) is 15.4. The molecule has 0 bridgehead atoms. The summed E-state index contributed by atoms with van der Waals surface area (Å²) in [5.74, 6) is 0.124. The van der Waals surface area contributed by atoms with Gasteiger partial charge in [-0.2, -0.15) is 0 Å². The summed E-state index contributed by atoms with van der Waals surface area (Å²) in [6.45, 7) is 1.48. The first-order valence-electron chi connectivity index (χ1n) is 9.28. The van der Waals surface area contributed by atoms with Crippen LogP contribution in [0, 0.1) is 5.92 Å². The molecule has 3 heteroatoms. The predicted octanol–water partition coefficient (Wildman–Crippen LogP) is 3.58. The Bertz CT molecular complexity index is 685. The van der Waals surface area contributed by atoms with E-state index < -0.39 is 5.60 Å². The molecule has 2 aliphatic rings. The zero-order chi connectivity index (χ0) is 17.3. The maximum Gasteiger partial charge on any atom is 0.234 e. The SMILES string of the molecule is O=C(C(c1ccccc1)c1ccccc1)N1CCCC(C2(O)CC2)C1. The van der Waals surface area contributed by atoms with Gasteiger partial charge in [-0.05, 0) is 36.8 Å². The van der Waals surface area contributed by atoms with E-state index in [9.17, 15) is 9.90 Å². The fraction of sp³-hybridized carbons (Fsp3) is 0.409. The van der Waals surface area contributed by atoms with Crippen molar-refractivity contribution in [1.82, 2.24) is 4.90 Å². The highest BCUT2D eigenvalue weighted by Crippen LogP contribution is 2.46. The van der Waals surface area contributed by atoms with E-state index in [1.165, 1.54) is 0 Å². The van der Waals surface area contributed by atoms with Gasteiger partial charge in [-0.3, -0.25) is 4.79 Å². The van der Waals surface area contributed by atoms with Crippen molar-refractivity contribution in [3.8, 4) is 0 Å². The van der Waals surface area contributed by atoms with Gasteiger partial charge in [0.2, 0.25) is 5.91 Å². The molecule has 2 fully saturated rings. The molecule has 0 radical (unpaired) electrons. The number of nitrogens with zero attached hydrogens (tertiary/aromatic N) is 1. The minimum Gasteiger partial charge on any atom is -0.390 e. The Hall–Kier alpha value is -2.13. The molecular weight excluding hydrogens is 310 g/mol. The van der Waals surface area contributed by atoms with Crippen molar-refractivity contribution in [2.24, 2.45) is 5.92 Å². The standard InChI is InChI=1S/C22H25NO2/c24-21(23-15-7-12-19(16-23)22(25)13-14-22)20(17-8-3-1-4-9-17)18-10-5-2-6-11-18/h1-6,8-11,19-20,25H,7,12-16H2. The Labute approximate surface area is 149 Å². The van der Waals surface area contributed by atoms with Gasteiger partial charge in [0.15, 0.2) is 0 Å². The van der Waals surface area contributed by atoms with Crippen LogP contribution in [0.2, 0.25) is 0 Å². The zero-order valence-corrected chi connectivity index (χ0v) is 14.5. The summed E-state index contributed by atoms with van der Waals surface area (Å²) < 4.78 is 0. The van der Waals surface area contributed by atoms with Crippen molar-refractivity contribution >= 4 is 5.91 Å². The molecule has 2 aromatic carbocycles. The fourth-order valence-corrected chi connectivity index (χ4v) is 4.10. The zero-order valence-electron chi connectivity index (χ0n) is 14.5. The third-order valence-corrected chi connectivity index (χ3v) is 5.77. The Kier molecular flexibility index (Phi) is 4.34. The van der Waals surface area contributed by atoms with Crippen LogP contribution in [0.5, 0.6) is 0 Å². The second-order valence-corrected chi connectivity index (χ2v) is 7.48. The van der Waals surface area contributed by atoms with Crippen molar-refractivity contribution in [1.29, 1.82) is 0 Å². The van der Waals surface area contributed by atoms with Gasteiger partial charge in [0.05, 0.1) is 11.5 Å². The summed E-state index contributed by atoms with van der Waals surface area (Å²) in [5.41, 5.74) is 1.56. The number of carbonyl (C=O) groups is 1. The molecule has 1 aliphatic carbocycles. The molecule has 0 aromatic heterocycles. The van der Waals surface area contributed by atoms with Crippen molar-refractivity contribution in [3.63, 3.8) is 0 Å². The molecule has 1 saturated heterocycles. The number of piperidine rings is 1. The quantitative estimate of drug-likeness (QED) is 0.928. The minimum absolute atomic E-state index is 0.159. The van der Waals surface area contributed by atoms with Crippen LogP contribution in [0.25, 0.3) is 0 Å². The van der Waals surface area contributed by atoms with Gasteiger partial charge in [-0.25, -0.2) is 0 Å². The molecule has 1 unspecified atom stereocenters. The van der Waals surface area contributed by atoms with E-state index in [1.54, 1.807) is 0 Å². The highest BCUT2D eigenvalue weighted by molar-refractivity contribution is 5.87. The van der Waals surface area contributed by atoms with E-state index in [-0.39, 0.29) is 17.7 Å². The Morgan fingerprint density at radius 1 is 1.00 bits per heavy atom. The van der Waals surface area contributed by atoms with Crippen LogP contribution in [0.15, 0.2) is 60.7 Å². The van der Waals surface area contributed by atoms with Crippen LogP contribution in [0.4, 0.5) is 0 Å². The van der Waals surface area contributed by atoms with E-state index in [4.69, 9.17) is 0 Å². The van der Waals surface area contributed by atoms with Crippen molar-refractivity contribution in [2.75, 3.05) is 13.1 Å². The van der Waals surface area contributed by atoms with E-state index in [1.807, 2.05) is 65.6 Å². The summed E-state index contributed by atoms with van der Waals surface area (Å²) in [6, 6.07) is 20.1. The average Bonchev–Trinajstić information content (AvgIpc) is 3.43. The topological polar surface area (TPSA) is 40.5 Å². The monoisotopic (exact) mass is 335 g/mol. The molecule has 1 saturated carbocycles. The number of benzene rings is 2. The number of amides is 1. The molecule has 0 spiro atoms. The Morgan fingerprint density at radius 3 is 2.08 bits per heavy atom. The lowest BCUT2D eigenvalue weighted by Gasteiger charge is -2.37. The summed E-state index contributed by atoms with van der Waals surface area (Å²) in [5, 5.41) is 10.5. The second kappa shape index (κ2) is 6.64. The number of hydrogen-bond donors (Lipinski definition) is 1. The van der Waals surface area contributed by atoms with Crippen LogP contribution in [0.3, 0.4) is 0 Å². The third kappa shape index (κ3) is 3.34. The molecule has 1 aliphatic heterocycles. The van der Waals surface area contributed by atoms with E-state index in [2.05, 4.69) is 0 Å². The third-order valence-electron chi connectivity index (χ3n) is 5.77. The first-order valence-corrected chi connectivity index (χ1v) is 9.28. The van der Waals surface area contributed by atoms with Crippen molar-refractivity contribution in [3.05, 3.63) is 71.8 Å². The molecule has 3 nitrogen and oxygen atoms in total. The molecule has 2 aromatic rings. The second-order valence-electron chi connectivity index (χ2n) is 7.48. The molecule has 1 heterocycles. The Morgan fingerprint density at radius 2 is 1.56 bits per heavy atom. The normalized spacial score (nSPS) is 22.0. The number of rotatable bonds is 4. The lowest BCUT2D eigenvalue weighted by atomic mass is 9.86. The van der Waals surface area contributed by atoms with Gasteiger partial charge < -0.3 is 10.0 Å². The maximum absolute atomic E-state index is 13.4. The van der Waals surface area contributed by atoms with Crippen LogP contribution in [0.1, 0.15) is 42.7 Å². The van der Waals surface area contributed by atoms with Gasteiger partial charge in [-0.15, -0.1) is 0 Å². The average molecular weight is 335 g/mol. The van der Waals surface area contributed by atoms with Crippen molar-refractivity contribution in [2.45, 2.75) is 37.2 Å². The highest BCUT2D eigenvalue weighted by Gasteiger charge is 2.49. The lowest BCUT2D eigenvalue weighted by molar-refractivity contribution is -0.134. The lowest BCUT2D eigenvalue weighted by Crippen LogP contribution is -2.46. The summed E-state index contributed by atoms with van der Waals surface area (Å²) in [6.07, 6.45) is 3.79. The summed E-state index contributed by atoms with van der Waals surface area (Å²) in [7, 11) is 0. The van der Waals surface area contributed by atoms with Crippen molar-refractivity contribution < 1.29 is 9.90 Å². The molecule has 1 N–H and O–H groups in total. The van der Waals surface area contributed by atoms with E-state index in [0.29, 0.717) is 6.54 Å². The van der Waals surface area contributed by atoms with E-state index in [0.717, 1.165) is 43.4 Å². The van der Waals surface area contributed by atoms with Gasteiger partial charge in [-0.1, -0.05) is 60.7 Å². The molecule has 130 valence electrons. The number of carbonyl (C=O) groups excluding carboxylic acids is 1. The molecular formula is C22H25NO2. The van der Waals surface area contributed by atoms with Gasteiger partial charge in [0.25, 0.3) is 0 Å². The minimum atomic E-state index is -0.506. The van der Waals surface area contributed by atoms with Crippen LogP contribution in [-0.2, 0) is 4.79 Å². The fourth-order valence-electron chi connectivity index (χ4n) is 4.10. The highest BCUT2D eigenvalue weighted by atomic mass is 16.3. The first-order chi connectivity index (χ1) is 12.2. The Balaban J connectivity index is 1.62. The largest absolute Gasteiger partial charge is 0.390 e. The van der Waals surface area contributed by atoms with Crippen LogP contribution >= 0.6 is 0 Å². The first kappa shape index (κ1) is 16.3. The predicted molar refractivity (Wildman–Crippen MR) is 98.2 cm³/mol. The number of likely N-dealkylation sites (tertiary alicyclic amines) is 1. The maximum atomic E-state index is 13.4. The molecule has 25 heavy (non-hydrogen) atoms. The smallest absolute Gasteiger partial charge is 0.234 e. The molecule has 1 atom stereocenters. The molecule has 1 amide bonds. The molecule has 4 rings (SSSR count). The van der Waals surface area contributed by atoms with Gasteiger partial charge >= 0.3 is 0 Å². The number of aliphatic hydroxyl groups is 1. The van der Waals surface area contributed by atoms with Crippen LogP contribution < -0.4 is 0 Å². The van der Waals surface area contributed by atoms with E-state index >= 15 is 0 Å². The van der Waals surface area contributed by atoms with Crippen LogP contribution in [-0.4, -0.2) is 34.6 Å².